The molecule has 1 fully saturated rings. The molecule has 0 aliphatic carbocycles. The molecule has 1 aliphatic rings. The predicted molar refractivity (Wildman–Crippen MR) is 108 cm³/mol. The number of urea groups is 1. The van der Waals surface area contributed by atoms with Gasteiger partial charge in [0.05, 0.1) is 0 Å². The summed E-state index contributed by atoms with van der Waals surface area (Å²) in [6.07, 6.45) is 4.60. The van der Waals surface area contributed by atoms with Crippen molar-refractivity contribution in [3.05, 3.63) is 66.0 Å². The summed E-state index contributed by atoms with van der Waals surface area (Å²) in [7, 11) is 0. The van der Waals surface area contributed by atoms with Crippen molar-refractivity contribution in [2.45, 2.75) is 32.9 Å². The average molecular weight is 367 g/mol. The first kappa shape index (κ1) is 19.4. The van der Waals surface area contributed by atoms with Crippen molar-refractivity contribution in [3.63, 3.8) is 0 Å². The maximum Gasteiger partial charge on any atom is 0.317 e. The van der Waals surface area contributed by atoms with E-state index in [0.717, 1.165) is 32.6 Å². The minimum atomic E-state index is 0.0491. The third-order valence-electron chi connectivity index (χ3n) is 4.91. The van der Waals surface area contributed by atoms with Gasteiger partial charge < -0.3 is 10.2 Å². The third kappa shape index (κ3) is 5.79. The van der Waals surface area contributed by atoms with Crippen LogP contribution in [0.4, 0.5) is 4.79 Å². The molecule has 0 bridgehead atoms. The van der Waals surface area contributed by atoms with E-state index >= 15 is 0 Å². The lowest BCUT2D eigenvalue weighted by Crippen LogP contribution is -2.63. The van der Waals surface area contributed by atoms with E-state index in [1.807, 2.05) is 35.4 Å². The summed E-state index contributed by atoms with van der Waals surface area (Å²) in [5, 5.41) is 3.04. The van der Waals surface area contributed by atoms with Crippen LogP contribution in [0.2, 0.25) is 0 Å². The van der Waals surface area contributed by atoms with Crippen LogP contribution in [0.3, 0.4) is 0 Å². The summed E-state index contributed by atoms with van der Waals surface area (Å²) in [5.41, 5.74) is 2.47. The molecule has 2 amide bonds. The molecule has 3 rings (SSSR count). The van der Waals surface area contributed by atoms with Gasteiger partial charge in [-0.3, -0.25) is 9.88 Å². The lowest BCUT2D eigenvalue weighted by Gasteiger charge is -2.45. The van der Waals surface area contributed by atoms with Gasteiger partial charge in [-0.25, -0.2) is 4.79 Å². The number of hydrogen-bond donors (Lipinski definition) is 1. The Morgan fingerprint density at radius 2 is 1.93 bits per heavy atom. The van der Waals surface area contributed by atoms with Crippen molar-refractivity contribution in [2.75, 3.05) is 26.2 Å². The normalized spacial score (nSPS) is 14.4. The van der Waals surface area contributed by atoms with Crippen LogP contribution in [0.25, 0.3) is 0 Å². The van der Waals surface area contributed by atoms with E-state index in [4.69, 9.17) is 0 Å². The number of pyridine rings is 1. The molecule has 0 saturated carbocycles. The monoisotopic (exact) mass is 366 g/mol. The Labute approximate surface area is 162 Å². The topological polar surface area (TPSA) is 48.5 Å². The molecule has 1 aliphatic heterocycles. The van der Waals surface area contributed by atoms with E-state index in [9.17, 15) is 4.79 Å². The number of rotatable bonds is 8. The Balaban J connectivity index is 1.44. The van der Waals surface area contributed by atoms with Crippen molar-refractivity contribution in [1.29, 1.82) is 0 Å². The van der Waals surface area contributed by atoms with E-state index in [-0.39, 0.29) is 6.03 Å². The molecule has 5 nitrogen and oxygen atoms in total. The number of amides is 2. The summed E-state index contributed by atoms with van der Waals surface area (Å²) in [6, 6.07) is 14.8. The Kier molecular flexibility index (Phi) is 6.82. The third-order valence-corrected chi connectivity index (χ3v) is 4.91. The number of nitrogens with one attached hydrogen (secondary N) is 1. The maximum absolute atomic E-state index is 12.4. The van der Waals surface area contributed by atoms with Crippen molar-refractivity contribution < 1.29 is 4.79 Å². The predicted octanol–water partition coefficient (Wildman–Crippen LogP) is 3.18. The zero-order valence-corrected chi connectivity index (χ0v) is 16.3. The fraction of sp³-hybridized carbons (Fsp3) is 0.455. The second-order valence-electron chi connectivity index (χ2n) is 7.71. The summed E-state index contributed by atoms with van der Waals surface area (Å²) in [4.78, 5) is 21.0. The highest BCUT2D eigenvalue weighted by Crippen LogP contribution is 2.19. The number of hydrogen-bond acceptors (Lipinski definition) is 3. The first-order valence-electron chi connectivity index (χ1n) is 9.81. The molecule has 1 aromatic carbocycles. The zero-order valence-electron chi connectivity index (χ0n) is 16.3. The Morgan fingerprint density at radius 1 is 1.19 bits per heavy atom. The quantitative estimate of drug-likeness (QED) is 0.781. The van der Waals surface area contributed by atoms with Crippen molar-refractivity contribution in [3.8, 4) is 0 Å². The second-order valence-corrected chi connectivity index (χ2v) is 7.71. The van der Waals surface area contributed by atoms with Crippen molar-refractivity contribution in [2.24, 2.45) is 5.92 Å². The number of carbonyl (C=O) groups is 1. The largest absolute Gasteiger partial charge is 0.338 e. The Hall–Kier alpha value is -2.40. The molecule has 0 spiro atoms. The van der Waals surface area contributed by atoms with Gasteiger partial charge in [0, 0.05) is 51.2 Å². The number of aromatic nitrogens is 1. The average Bonchev–Trinajstić information content (AvgIpc) is 2.61. The van der Waals surface area contributed by atoms with Crippen LogP contribution >= 0.6 is 0 Å². The fourth-order valence-electron chi connectivity index (χ4n) is 3.46. The van der Waals surface area contributed by atoms with Gasteiger partial charge in [-0.15, -0.1) is 0 Å². The van der Waals surface area contributed by atoms with Gasteiger partial charge in [0.25, 0.3) is 0 Å². The minimum Gasteiger partial charge on any atom is -0.338 e. The van der Waals surface area contributed by atoms with Gasteiger partial charge in [0.15, 0.2) is 0 Å². The first-order valence-corrected chi connectivity index (χ1v) is 9.81. The van der Waals surface area contributed by atoms with Crippen LogP contribution in [0.5, 0.6) is 0 Å². The highest BCUT2D eigenvalue weighted by molar-refractivity contribution is 5.75. The molecule has 0 unspecified atom stereocenters. The zero-order chi connectivity index (χ0) is 19.1. The molecule has 1 saturated heterocycles. The van der Waals surface area contributed by atoms with Crippen LogP contribution in [-0.2, 0) is 13.0 Å². The standard InChI is InChI=1S/C22H30N4O/c1-18(2)14-25(15-20-9-6-11-23-13-20)21-16-26(17-21)22(27)24-12-10-19-7-4-3-5-8-19/h3-9,11,13,18,21H,10,12,14-17H2,1-2H3,(H,24,27). The van der Waals surface area contributed by atoms with Crippen LogP contribution in [0.15, 0.2) is 54.9 Å². The van der Waals surface area contributed by atoms with Gasteiger partial charge in [-0.1, -0.05) is 50.2 Å². The molecule has 1 aromatic heterocycles. The van der Waals surface area contributed by atoms with Crippen LogP contribution < -0.4 is 5.32 Å². The SMILES string of the molecule is CC(C)CN(Cc1cccnc1)C1CN(C(=O)NCCc2ccccc2)C1. The van der Waals surface area contributed by atoms with Crippen molar-refractivity contribution in [1.82, 2.24) is 20.1 Å². The molecule has 144 valence electrons. The molecule has 5 heteroatoms. The van der Waals surface area contributed by atoms with E-state index < -0.39 is 0 Å². The van der Waals surface area contributed by atoms with Gasteiger partial charge in [0.1, 0.15) is 0 Å². The lowest BCUT2D eigenvalue weighted by molar-refractivity contribution is 0.0444. The van der Waals surface area contributed by atoms with E-state index in [0.29, 0.717) is 18.5 Å². The highest BCUT2D eigenvalue weighted by atomic mass is 16.2. The second kappa shape index (κ2) is 9.51. The summed E-state index contributed by atoms with van der Waals surface area (Å²) < 4.78 is 0. The van der Waals surface area contributed by atoms with Crippen LogP contribution in [0, 0.1) is 5.92 Å². The molecule has 2 heterocycles. The summed E-state index contributed by atoms with van der Waals surface area (Å²) in [6.45, 7) is 8.67. The number of likely N-dealkylation sites (tertiary alicyclic amines) is 1. The lowest BCUT2D eigenvalue weighted by atomic mass is 10.0. The van der Waals surface area contributed by atoms with Crippen molar-refractivity contribution >= 4 is 6.03 Å². The number of carbonyl (C=O) groups excluding carboxylic acids is 1. The van der Waals surface area contributed by atoms with E-state index in [1.54, 1.807) is 6.20 Å². The molecule has 1 N–H and O–H groups in total. The van der Waals surface area contributed by atoms with Crippen LogP contribution in [-0.4, -0.2) is 53.0 Å². The van der Waals surface area contributed by atoms with Gasteiger partial charge in [0.2, 0.25) is 0 Å². The van der Waals surface area contributed by atoms with Gasteiger partial charge in [-0.05, 0) is 29.5 Å². The smallest absolute Gasteiger partial charge is 0.317 e. The first-order chi connectivity index (χ1) is 13.1. The highest BCUT2D eigenvalue weighted by Gasteiger charge is 2.34. The van der Waals surface area contributed by atoms with Gasteiger partial charge >= 0.3 is 6.03 Å². The number of benzene rings is 1. The van der Waals surface area contributed by atoms with E-state index in [2.05, 4.69) is 47.2 Å². The maximum atomic E-state index is 12.4. The Bertz CT molecular complexity index is 699. The molecule has 0 atom stereocenters. The van der Waals surface area contributed by atoms with Crippen LogP contribution in [0.1, 0.15) is 25.0 Å². The van der Waals surface area contributed by atoms with Gasteiger partial charge in [-0.2, -0.15) is 0 Å². The molecular formula is C22H30N4O. The summed E-state index contributed by atoms with van der Waals surface area (Å²) in [5.74, 6) is 0.593. The minimum absolute atomic E-state index is 0.0491. The fourth-order valence-corrected chi connectivity index (χ4v) is 3.46. The molecule has 0 radical (unpaired) electrons. The molecule has 2 aromatic rings. The molecular weight excluding hydrogens is 336 g/mol. The number of nitrogens with zero attached hydrogens (tertiary/aromatic N) is 3. The Morgan fingerprint density at radius 3 is 2.59 bits per heavy atom. The van der Waals surface area contributed by atoms with E-state index in [1.165, 1.54) is 11.1 Å². The molecule has 27 heavy (non-hydrogen) atoms. The summed E-state index contributed by atoms with van der Waals surface area (Å²) >= 11 is 0.